The molecular weight excluding hydrogens is 237 g/mol. The molecule has 0 fully saturated rings. The first-order valence-corrected chi connectivity index (χ1v) is 6.59. The van der Waals surface area contributed by atoms with Gasteiger partial charge >= 0.3 is 0 Å². The van der Waals surface area contributed by atoms with Crippen LogP contribution in [0.2, 0.25) is 5.02 Å². The normalized spacial score (nSPS) is 13.1. The first-order chi connectivity index (χ1) is 8.04. The van der Waals surface area contributed by atoms with E-state index >= 15 is 0 Å². The molecular formula is C14H21ClFN. The summed E-state index contributed by atoms with van der Waals surface area (Å²) >= 11 is 6.05. The van der Waals surface area contributed by atoms with Crippen LogP contribution < -0.4 is 5.32 Å². The van der Waals surface area contributed by atoms with E-state index in [0.717, 1.165) is 24.9 Å². The molecule has 1 nitrogen and oxygen atoms in total. The van der Waals surface area contributed by atoms with Crippen LogP contribution in [0.1, 0.15) is 32.8 Å². The highest BCUT2D eigenvalue weighted by Gasteiger charge is 2.12. The summed E-state index contributed by atoms with van der Waals surface area (Å²) in [4.78, 5) is 0. The molecule has 0 saturated carbocycles. The second-order valence-electron chi connectivity index (χ2n) is 4.68. The molecule has 1 N–H and O–H groups in total. The van der Waals surface area contributed by atoms with Gasteiger partial charge in [0.15, 0.2) is 0 Å². The van der Waals surface area contributed by atoms with Crippen molar-refractivity contribution in [3.8, 4) is 0 Å². The number of halogens is 2. The Morgan fingerprint density at radius 2 is 2.06 bits per heavy atom. The molecule has 0 heterocycles. The molecule has 0 aromatic heterocycles. The lowest BCUT2D eigenvalue weighted by Gasteiger charge is -2.21. The molecule has 1 aromatic carbocycles. The lowest BCUT2D eigenvalue weighted by Crippen LogP contribution is -2.34. The number of aryl methyl sites for hydroxylation is 1. The van der Waals surface area contributed by atoms with Crippen molar-refractivity contribution in [3.05, 3.63) is 34.6 Å². The van der Waals surface area contributed by atoms with E-state index in [1.54, 1.807) is 6.07 Å². The molecule has 0 spiro atoms. The highest BCUT2D eigenvalue weighted by Crippen LogP contribution is 2.20. The molecule has 1 aromatic rings. The third-order valence-corrected chi connectivity index (χ3v) is 3.37. The highest BCUT2D eigenvalue weighted by molar-refractivity contribution is 6.31. The van der Waals surface area contributed by atoms with E-state index in [1.807, 2.05) is 0 Å². The van der Waals surface area contributed by atoms with Crippen LogP contribution in [0.4, 0.5) is 4.39 Å². The maximum atomic E-state index is 13.1. The van der Waals surface area contributed by atoms with E-state index in [2.05, 4.69) is 26.1 Å². The standard InChI is InChI=1S/C14H21ClFN/c1-4-17-14(10(2)3)8-5-11-9-12(16)6-7-13(11)15/h6-7,9-10,14,17H,4-5,8H2,1-3H3. The van der Waals surface area contributed by atoms with Gasteiger partial charge in [0, 0.05) is 11.1 Å². The van der Waals surface area contributed by atoms with Crippen LogP contribution >= 0.6 is 11.6 Å². The summed E-state index contributed by atoms with van der Waals surface area (Å²) in [5.74, 6) is 0.358. The van der Waals surface area contributed by atoms with Gasteiger partial charge in [0.2, 0.25) is 0 Å². The number of nitrogens with one attached hydrogen (secondary N) is 1. The average Bonchev–Trinajstić information content (AvgIpc) is 2.28. The monoisotopic (exact) mass is 257 g/mol. The Morgan fingerprint density at radius 3 is 2.65 bits per heavy atom. The molecule has 1 rings (SSSR count). The van der Waals surface area contributed by atoms with Crippen molar-refractivity contribution in [1.29, 1.82) is 0 Å². The Hall–Kier alpha value is -0.600. The number of benzene rings is 1. The second-order valence-corrected chi connectivity index (χ2v) is 5.09. The molecule has 0 aliphatic carbocycles. The van der Waals surface area contributed by atoms with E-state index < -0.39 is 0 Å². The molecule has 17 heavy (non-hydrogen) atoms. The Balaban J connectivity index is 2.61. The summed E-state index contributed by atoms with van der Waals surface area (Å²) in [6.45, 7) is 7.45. The lowest BCUT2D eigenvalue weighted by atomic mass is 9.96. The smallest absolute Gasteiger partial charge is 0.123 e. The van der Waals surface area contributed by atoms with Gasteiger partial charge in [-0.3, -0.25) is 0 Å². The predicted molar refractivity (Wildman–Crippen MR) is 72.0 cm³/mol. The van der Waals surface area contributed by atoms with Crippen LogP contribution in [0.5, 0.6) is 0 Å². The molecule has 0 aliphatic rings. The number of hydrogen-bond donors (Lipinski definition) is 1. The first kappa shape index (κ1) is 14.5. The minimum Gasteiger partial charge on any atom is -0.314 e. The summed E-state index contributed by atoms with van der Waals surface area (Å²) in [7, 11) is 0. The molecule has 0 bridgehead atoms. The van der Waals surface area contributed by atoms with Gasteiger partial charge in [0.05, 0.1) is 0 Å². The van der Waals surface area contributed by atoms with E-state index in [4.69, 9.17) is 11.6 Å². The van der Waals surface area contributed by atoms with Crippen LogP contribution in [-0.4, -0.2) is 12.6 Å². The predicted octanol–water partition coefficient (Wildman–Crippen LogP) is 4.05. The van der Waals surface area contributed by atoms with Crippen LogP contribution in [0.25, 0.3) is 0 Å². The maximum Gasteiger partial charge on any atom is 0.123 e. The molecule has 1 atom stereocenters. The first-order valence-electron chi connectivity index (χ1n) is 6.22. The van der Waals surface area contributed by atoms with Crippen LogP contribution in [-0.2, 0) is 6.42 Å². The SMILES string of the molecule is CCNC(CCc1cc(F)ccc1Cl)C(C)C. The quantitative estimate of drug-likeness (QED) is 0.811. The molecule has 0 amide bonds. The Kier molecular flexibility index (Phi) is 5.93. The van der Waals surface area contributed by atoms with Crippen molar-refractivity contribution >= 4 is 11.6 Å². The third kappa shape index (κ3) is 4.64. The molecule has 96 valence electrons. The van der Waals surface area contributed by atoms with Gasteiger partial charge in [-0.25, -0.2) is 4.39 Å². The summed E-state index contributed by atoms with van der Waals surface area (Å²) in [6, 6.07) is 5.02. The van der Waals surface area contributed by atoms with Crippen molar-refractivity contribution in [2.75, 3.05) is 6.54 Å². The van der Waals surface area contributed by atoms with Crippen molar-refractivity contribution in [1.82, 2.24) is 5.32 Å². The van der Waals surface area contributed by atoms with E-state index in [1.165, 1.54) is 12.1 Å². The van der Waals surface area contributed by atoms with Gasteiger partial charge in [-0.1, -0.05) is 32.4 Å². The van der Waals surface area contributed by atoms with Gasteiger partial charge in [-0.05, 0) is 49.1 Å². The van der Waals surface area contributed by atoms with E-state index in [0.29, 0.717) is 17.0 Å². The molecule has 0 radical (unpaired) electrons. The second kappa shape index (κ2) is 6.97. The van der Waals surface area contributed by atoms with Gasteiger partial charge in [0.1, 0.15) is 5.82 Å². The van der Waals surface area contributed by atoms with Gasteiger partial charge < -0.3 is 5.32 Å². The van der Waals surface area contributed by atoms with E-state index in [9.17, 15) is 4.39 Å². The minimum absolute atomic E-state index is 0.214. The third-order valence-electron chi connectivity index (χ3n) is 3.00. The zero-order valence-corrected chi connectivity index (χ0v) is 11.5. The molecule has 3 heteroatoms. The average molecular weight is 258 g/mol. The Morgan fingerprint density at radius 1 is 1.35 bits per heavy atom. The number of rotatable bonds is 6. The van der Waals surface area contributed by atoms with Gasteiger partial charge in [-0.15, -0.1) is 0 Å². The van der Waals surface area contributed by atoms with Crippen LogP contribution in [0.15, 0.2) is 18.2 Å². The summed E-state index contributed by atoms with van der Waals surface area (Å²) in [6.07, 6.45) is 1.79. The Labute approximate surface area is 108 Å². The fourth-order valence-corrected chi connectivity index (χ4v) is 2.19. The fourth-order valence-electron chi connectivity index (χ4n) is 1.98. The molecule has 0 aliphatic heterocycles. The van der Waals surface area contributed by atoms with Crippen molar-refractivity contribution in [3.63, 3.8) is 0 Å². The van der Waals surface area contributed by atoms with Crippen LogP contribution in [0, 0.1) is 11.7 Å². The topological polar surface area (TPSA) is 12.0 Å². The molecule has 1 unspecified atom stereocenters. The largest absolute Gasteiger partial charge is 0.314 e. The van der Waals surface area contributed by atoms with Crippen molar-refractivity contribution in [2.45, 2.75) is 39.7 Å². The summed E-state index contributed by atoms with van der Waals surface area (Å²) in [5, 5.41) is 4.11. The minimum atomic E-state index is -0.214. The van der Waals surface area contributed by atoms with Gasteiger partial charge in [0.25, 0.3) is 0 Å². The molecule has 0 saturated heterocycles. The van der Waals surface area contributed by atoms with Crippen molar-refractivity contribution in [2.24, 2.45) is 5.92 Å². The number of hydrogen-bond acceptors (Lipinski definition) is 1. The maximum absolute atomic E-state index is 13.1. The van der Waals surface area contributed by atoms with Crippen molar-refractivity contribution < 1.29 is 4.39 Å². The summed E-state index contributed by atoms with van der Waals surface area (Å²) in [5.41, 5.74) is 0.898. The summed E-state index contributed by atoms with van der Waals surface area (Å²) < 4.78 is 13.1. The Bertz CT molecular complexity index is 352. The fraction of sp³-hybridized carbons (Fsp3) is 0.571. The van der Waals surface area contributed by atoms with E-state index in [-0.39, 0.29) is 5.82 Å². The highest BCUT2D eigenvalue weighted by atomic mass is 35.5. The zero-order valence-electron chi connectivity index (χ0n) is 10.8. The van der Waals surface area contributed by atoms with Gasteiger partial charge in [-0.2, -0.15) is 0 Å². The van der Waals surface area contributed by atoms with Crippen LogP contribution in [0.3, 0.4) is 0 Å². The zero-order chi connectivity index (χ0) is 12.8. The lowest BCUT2D eigenvalue weighted by molar-refractivity contribution is 0.385.